The highest BCUT2D eigenvalue weighted by Crippen LogP contribution is 2.20. The van der Waals surface area contributed by atoms with E-state index in [0.717, 1.165) is 5.57 Å². The van der Waals surface area contributed by atoms with E-state index in [-0.39, 0.29) is 28.9 Å². The average Bonchev–Trinajstić information content (AvgIpc) is 2.46. The van der Waals surface area contributed by atoms with Gasteiger partial charge in [-0.1, -0.05) is 24.0 Å². The number of likely N-dealkylation sites (N-methyl/N-ethyl adjacent to an activating group) is 1. The summed E-state index contributed by atoms with van der Waals surface area (Å²) in [5.41, 5.74) is 0.640. The fourth-order valence-electron chi connectivity index (χ4n) is 1.92. The lowest BCUT2D eigenvalue weighted by molar-refractivity contribution is -0.385. The summed E-state index contributed by atoms with van der Waals surface area (Å²) in [4.78, 5) is 22.9. The number of benzene rings is 1. The minimum atomic E-state index is -0.534. The van der Waals surface area contributed by atoms with Crippen molar-refractivity contribution in [3.05, 3.63) is 51.6 Å². The van der Waals surface area contributed by atoms with Crippen LogP contribution in [0.2, 0.25) is 0 Å². The van der Waals surface area contributed by atoms with Crippen LogP contribution in [0.3, 0.4) is 0 Å². The van der Waals surface area contributed by atoms with Gasteiger partial charge in [0.15, 0.2) is 5.78 Å². The van der Waals surface area contributed by atoms with Crippen LogP contribution in [0.1, 0.15) is 37.6 Å². The molecular weight excluding hydrogens is 292 g/mol. The number of nitro groups is 1. The molecule has 0 saturated heterocycles. The van der Waals surface area contributed by atoms with Gasteiger partial charge in [0.25, 0.3) is 5.69 Å². The minimum absolute atomic E-state index is 0.102. The van der Waals surface area contributed by atoms with E-state index < -0.39 is 4.92 Å². The summed E-state index contributed by atoms with van der Waals surface area (Å²) in [7, 11) is 1.78. The summed E-state index contributed by atoms with van der Waals surface area (Å²) < 4.78 is 0. The molecule has 0 heterocycles. The molecule has 0 fully saturated rings. The number of para-hydroxylation sites is 1. The summed E-state index contributed by atoms with van der Waals surface area (Å²) in [5.74, 6) is 5.76. The third kappa shape index (κ3) is 6.45. The number of rotatable bonds is 6. The van der Waals surface area contributed by atoms with Gasteiger partial charge in [-0.3, -0.25) is 14.9 Å². The Bertz CT molecular complexity index is 673. The van der Waals surface area contributed by atoms with E-state index in [1.165, 1.54) is 12.1 Å². The van der Waals surface area contributed by atoms with E-state index >= 15 is 0 Å². The molecule has 1 rings (SSSR count). The highest BCUT2D eigenvalue weighted by Gasteiger charge is 2.19. The topological polar surface area (TPSA) is 72.2 Å². The van der Waals surface area contributed by atoms with Crippen LogP contribution in [0.25, 0.3) is 0 Å². The zero-order valence-electron chi connectivity index (χ0n) is 14.0. The first kappa shape index (κ1) is 18.6. The Morgan fingerprint density at radius 1 is 1.35 bits per heavy atom. The van der Waals surface area contributed by atoms with Gasteiger partial charge in [-0.2, -0.15) is 0 Å². The average molecular weight is 314 g/mol. The molecular formula is C18H22N2O3. The lowest BCUT2D eigenvalue weighted by Crippen LogP contribution is -2.14. The number of hydrogen-bond acceptors (Lipinski definition) is 4. The number of carbonyl (C=O) groups excluding carboxylic acids is 1. The molecule has 1 aromatic rings. The third-order valence-electron chi connectivity index (χ3n) is 2.92. The second-order valence-electron chi connectivity index (χ2n) is 6.23. The molecule has 0 aliphatic carbocycles. The van der Waals surface area contributed by atoms with Crippen molar-refractivity contribution in [2.45, 2.75) is 27.2 Å². The summed E-state index contributed by atoms with van der Waals surface area (Å²) in [6, 6.07) is 6.00. The standard InChI is InChI=1S/C18H22N2O3/c1-18(2,3)11-7-8-14(13-19-4)12-17(21)15-9-5-6-10-16(15)20(22)23/h5-6,8-10,19H,12-13H2,1-4H3/b14-8+. The van der Waals surface area contributed by atoms with E-state index in [2.05, 4.69) is 17.2 Å². The maximum Gasteiger partial charge on any atom is 0.280 e. The zero-order chi connectivity index (χ0) is 17.5. The van der Waals surface area contributed by atoms with Gasteiger partial charge in [-0.15, -0.1) is 0 Å². The number of nitrogens with one attached hydrogen (secondary N) is 1. The van der Waals surface area contributed by atoms with Crippen molar-refractivity contribution in [2.24, 2.45) is 5.41 Å². The van der Waals surface area contributed by atoms with E-state index in [1.807, 2.05) is 20.8 Å². The van der Waals surface area contributed by atoms with Gasteiger partial charge in [-0.25, -0.2) is 0 Å². The van der Waals surface area contributed by atoms with Crippen LogP contribution in [-0.2, 0) is 0 Å². The molecule has 1 N–H and O–H groups in total. The van der Waals surface area contributed by atoms with Gasteiger partial charge in [0.2, 0.25) is 0 Å². The first-order chi connectivity index (χ1) is 10.7. The second kappa shape index (κ2) is 8.25. The fourth-order valence-corrected chi connectivity index (χ4v) is 1.92. The minimum Gasteiger partial charge on any atom is -0.316 e. The van der Waals surface area contributed by atoms with E-state index in [9.17, 15) is 14.9 Å². The molecule has 5 nitrogen and oxygen atoms in total. The number of nitro benzene ring substituents is 1. The Labute approximate surface area is 136 Å². The molecule has 0 amide bonds. The van der Waals surface area contributed by atoms with Crippen molar-refractivity contribution in [1.29, 1.82) is 0 Å². The first-order valence-electron chi connectivity index (χ1n) is 7.36. The largest absolute Gasteiger partial charge is 0.316 e. The highest BCUT2D eigenvalue weighted by atomic mass is 16.6. The first-order valence-corrected chi connectivity index (χ1v) is 7.36. The molecule has 0 saturated carbocycles. The Morgan fingerprint density at radius 3 is 2.57 bits per heavy atom. The lowest BCUT2D eigenvalue weighted by Gasteiger charge is -2.07. The molecule has 0 aromatic heterocycles. The smallest absolute Gasteiger partial charge is 0.280 e. The Balaban J connectivity index is 3.01. The number of Topliss-reactive ketones (excluding diaryl/α,β-unsaturated/α-hetero) is 1. The van der Waals surface area contributed by atoms with E-state index in [0.29, 0.717) is 6.54 Å². The van der Waals surface area contributed by atoms with Crippen LogP contribution in [0.4, 0.5) is 5.69 Å². The second-order valence-corrected chi connectivity index (χ2v) is 6.23. The Morgan fingerprint density at radius 2 is 2.00 bits per heavy atom. The van der Waals surface area contributed by atoms with Gasteiger partial charge in [-0.05, 0) is 45.5 Å². The molecule has 0 atom stereocenters. The summed E-state index contributed by atoms with van der Waals surface area (Å²) in [5, 5.41) is 14.0. The predicted octanol–water partition coefficient (Wildman–Crippen LogP) is 3.36. The SMILES string of the molecule is CNC/C(=C/C#CC(C)(C)C)CC(=O)c1ccccc1[N+](=O)[O-]. The summed E-state index contributed by atoms with van der Waals surface area (Å²) in [6.07, 6.45) is 1.82. The van der Waals surface area contributed by atoms with Crippen LogP contribution in [0.5, 0.6) is 0 Å². The van der Waals surface area contributed by atoms with Crippen LogP contribution in [0, 0.1) is 27.4 Å². The molecule has 0 aliphatic heterocycles. The maximum absolute atomic E-state index is 12.4. The highest BCUT2D eigenvalue weighted by molar-refractivity contribution is 6.01. The van der Waals surface area contributed by atoms with Gasteiger partial charge in [0.05, 0.1) is 10.5 Å². The van der Waals surface area contributed by atoms with Crippen molar-refractivity contribution >= 4 is 11.5 Å². The van der Waals surface area contributed by atoms with Crippen molar-refractivity contribution in [3.63, 3.8) is 0 Å². The third-order valence-corrected chi connectivity index (χ3v) is 2.92. The summed E-state index contributed by atoms with van der Waals surface area (Å²) in [6.45, 7) is 6.52. The van der Waals surface area contributed by atoms with Crippen LogP contribution in [-0.4, -0.2) is 24.3 Å². The predicted molar refractivity (Wildman–Crippen MR) is 91.3 cm³/mol. The fraction of sp³-hybridized carbons (Fsp3) is 0.389. The molecule has 0 aliphatic rings. The maximum atomic E-state index is 12.4. The van der Waals surface area contributed by atoms with Gasteiger partial charge in [0, 0.05) is 24.4 Å². The van der Waals surface area contributed by atoms with Gasteiger partial charge < -0.3 is 5.32 Å². The molecule has 23 heavy (non-hydrogen) atoms. The van der Waals surface area contributed by atoms with Crippen LogP contribution < -0.4 is 5.32 Å². The van der Waals surface area contributed by atoms with Gasteiger partial charge in [0.1, 0.15) is 0 Å². The number of carbonyl (C=O) groups is 1. The van der Waals surface area contributed by atoms with Gasteiger partial charge >= 0.3 is 0 Å². The van der Waals surface area contributed by atoms with Crippen molar-refractivity contribution in [3.8, 4) is 11.8 Å². The molecule has 1 aromatic carbocycles. The summed E-state index contributed by atoms with van der Waals surface area (Å²) >= 11 is 0. The monoisotopic (exact) mass is 314 g/mol. The normalized spacial score (nSPS) is 11.6. The van der Waals surface area contributed by atoms with Crippen molar-refractivity contribution in [1.82, 2.24) is 5.32 Å². The quantitative estimate of drug-likeness (QED) is 0.378. The Kier molecular flexibility index (Phi) is 6.67. The lowest BCUT2D eigenvalue weighted by atomic mass is 9.97. The van der Waals surface area contributed by atoms with Crippen LogP contribution in [0.15, 0.2) is 35.9 Å². The molecule has 0 bridgehead atoms. The number of nitrogens with zero attached hydrogens (tertiary/aromatic N) is 1. The molecule has 0 radical (unpaired) electrons. The number of hydrogen-bond donors (Lipinski definition) is 1. The van der Waals surface area contributed by atoms with Crippen LogP contribution >= 0.6 is 0 Å². The number of allylic oxidation sites excluding steroid dienone is 1. The van der Waals surface area contributed by atoms with E-state index in [4.69, 9.17) is 0 Å². The molecule has 5 heteroatoms. The van der Waals surface area contributed by atoms with Crippen molar-refractivity contribution in [2.75, 3.05) is 13.6 Å². The number of ketones is 1. The Hall–Kier alpha value is -2.45. The molecule has 0 spiro atoms. The van der Waals surface area contributed by atoms with Crippen molar-refractivity contribution < 1.29 is 9.72 Å². The molecule has 122 valence electrons. The molecule has 0 unspecified atom stereocenters. The zero-order valence-corrected chi connectivity index (χ0v) is 14.0. The van der Waals surface area contributed by atoms with E-state index in [1.54, 1.807) is 25.3 Å².